The van der Waals surface area contributed by atoms with Gasteiger partial charge in [0.25, 0.3) is 5.56 Å². The molecule has 0 aliphatic carbocycles. The van der Waals surface area contributed by atoms with Crippen LogP contribution in [0.1, 0.15) is 43.5 Å². The molecule has 0 unspecified atom stereocenters. The molecule has 210 valence electrons. The first-order valence-electron chi connectivity index (χ1n) is 13.2. The van der Waals surface area contributed by atoms with Crippen LogP contribution in [0.25, 0.3) is 11.8 Å². The molecule has 0 N–H and O–H groups in total. The Labute approximate surface area is 246 Å². The van der Waals surface area contributed by atoms with Crippen LogP contribution in [0.3, 0.4) is 0 Å². The number of benzene rings is 3. The molecule has 1 aliphatic heterocycles. The fraction of sp³-hybridized carbons (Fsp3) is 0.219. The van der Waals surface area contributed by atoms with Crippen molar-refractivity contribution in [1.29, 1.82) is 0 Å². The Balaban J connectivity index is 1.75. The van der Waals surface area contributed by atoms with Crippen molar-refractivity contribution in [3.05, 3.63) is 120 Å². The van der Waals surface area contributed by atoms with Gasteiger partial charge >= 0.3 is 5.97 Å². The van der Waals surface area contributed by atoms with Crippen molar-refractivity contribution in [2.75, 3.05) is 13.7 Å². The van der Waals surface area contributed by atoms with Crippen LogP contribution in [0.5, 0.6) is 11.5 Å². The quantitative estimate of drug-likeness (QED) is 0.258. The number of methoxy groups -OCH3 is 1. The summed E-state index contributed by atoms with van der Waals surface area (Å²) in [5, 5.41) is 0.546. The van der Waals surface area contributed by atoms with E-state index in [1.165, 1.54) is 11.3 Å². The summed E-state index contributed by atoms with van der Waals surface area (Å²) in [6.07, 6.45) is 1.78. The molecule has 0 bridgehead atoms. The van der Waals surface area contributed by atoms with E-state index >= 15 is 0 Å². The van der Waals surface area contributed by atoms with Gasteiger partial charge in [-0.3, -0.25) is 9.36 Å². The highest BCUT2D eigenvalue weighted by Gasteiger charge is 2.35. The van der Waals surface area contributed by atoms with Crippen molar-refractivity contribution in [3.8, 4) is 11.5 Å². The van der Waals surface area contributed by atoms with Crippen molar-refractivity contribution in [3.63, 3.8) is 0 Å². The molecule has 7 nitrogen and oxygen atoms in total. The van der Waals surface area contributed by atoms with E-state index in [1.54, 1.807) is 36.8 Å². The number of aromatic nitrogens is 1. The number of ether oxygens (including phenoxy) is 3. The molecule has 1 aromatic heterocycles. The second kappa shape index (κ2) is 12.2. The molecule has 4 aromatic rings. The minimum Gasteiger partial charge on any atom is -0.493 e. The standard InChI is InChI=1S/C32H29ClN2O5S/c1-5-39-31(37)27-28(21-9-7-6-8-10-21)34-32-35(29(27)22-12-14-23(33)15-13-22)30(36)26(41-32)18-20-11-16-24(40-19(2)3)25(17-20)38-4/h6-19,29H,5H2,1-4H3/b26-18-/t29-/m1/s1. The van der Waals surface area contributed by atoms with E-state index in [2.05, 4.69) is 0 Å². The summed E-state index contributed by atoms with van der Waals surface area (Å²) in [4.78, 5) is 32.9. The first-order chi connectivity index (χ1) is 19.8. The normalized spacial score (nSPS) is 15.0. The van der Waals surface area contributed by atoms with Crippen LogP contribution in [-0.4, -0.2) is 30.4 Å². The SMILES string of the molecule is CCOC(=O)C1=C(c2ccccc2)N=c2s/c(=C\c3ccc(OC(C)C)c(OC)c3)c(=O)n2[C@@H]1c1ccc(Cl)cc1. The molecule has 41 heavy (non-hydrogen) atoms. The number of carbonyl (C=O) groups excluding carboxylic acids is 1. The fourth-order valence-electron chi connectivity index (χ4n) is 4.68. The second-order valence-corrected chi connectivity index (χ2v) is 11.0. The van der Waals surface area contributed by atoms with E-state index in [-0.39, 0.29) is 23.8 Å². The molecule has 0 radical (unpaired) electrons. The predicted octanol–water partition coefficient (Wildman–Crippen LogP) is 5.38. The minimum atomic E-state index is -0.767. The molecule has 0 amide bonds. The smallest absolute Gasteiger partial charge is 0.338 e. The highest BCUT2D eigenvalue weighted by Crippen LogP contribution is 2.35. The molecular formula is C32H29ClN2O5S. The van der Waals surface area contributed by atoms with Crippen molar-refractivity contribution >= 4 is 40.7 Å². The molecule has 0 saturated carbocycles. The van der Waals surface area contributed by atoms with Crippen LogP contribution < -0.4 is 24.4 Å². The maximum Gasteiger partial charge on any atom is 0.338 e. The first-order valence-corrected chi connectivity index (χ1v) is 14.4. The van der Waals surface area contributed by atoms with Crippen molar-refractivity contribution in [2.24, 2.45) is 4.99 Å². The molecule has 0 saturated heterocycles. The average Bonchev–Trinajstić information content (AvgIpc) is 3.28. The third-order valence-electron chi connectivity index (χ3n) is 6.41. The van der Waals surface area contributed by atoms with Gasteiger partial charge in [-0.25, -0.2) is 9.79 Å². The second-order valence-electron chi connectivity index (χ2n) is 9.56. The molecule has 9 heteroatoms. The summed E-state index contributed by atoms with van der Waals surface area (Å²) in [6.45, 7) is 5.82. The molecule has 5 rings (SSSR count). The number of thiazole rings is 1. The van der Waals surface area contributed by atoms with Crippen LogP contribution in [0.15, 0.2) is 88.2 Å². The van der Waals surface area contributed by atoms with Gasteiger partial charge in [-0.2, -0.15) is 0 Å². The van der Waals surface area contributed by atoms with Crippen molar-refractivity contribution in [1.82, 2.24) is 4.57 Å². The monoisotopic (exact) mass is 588 g/mol. The van der Waals surface area contributed by atoms with Gasteiger partial charge in [0.2, 0.25) is 0 Å². The Morgan fingerprint density at radius 3 is 2.46 bits per heavy atom. The maximum atomic E-state index is 14.0. The molecule has 0 fully saturated rings. The van der Waals surface area contributed by atoms with Gasteiger partial charge in [0.05, 0.1) is 41.7 Å². The number of esters is 1. The third kappa shape index (κ3) is 5.85. The van der Waals surface area contributed by atoms with Gasteiger partial charge in [-0.15, -0.1) is 0 Å². The number of rotatable bonds is 8. The summed E-state index contributed by atoms with van der Waals surface area (Å²) in [5.74, 6) is 0.653. The summed E-state index contributed by atoms with van der Waals surface area (Å²) < 4.78 is 18.9. The van der Waals surface area contributed by atoms with E-state index in [9.17, 15) is 9.59 Å². The summed E-state index contributed by atoms with van der Waals surface area (Å²) in [6, 6.07) is 21.3. The Kier molecular flexibility index (Phi) is 8.42. The highest BCUT2D eigenvalue weighted by atomic mass is 35.5. The fourth-order valence-corrected chi connectivity index (χ4v) is 5.80. The summed E-state index contributed by atoms with van der Waals surface area (Å²) in [5.41, 5.74) is 2.70. The van der Waals surface area contributed by atoms with Gasteiger partial charge in [0.15, 0.2) is 16.3 Å². The topological polar surface area (TPSA) is 79.1 Å². The largest absolute Gasteiger partial charge is 0.493 e. The Morgan fingerprint density at radius 1 is 1.07 bits per heavy atom. The molecule has 0 spiro atoms. The zero-order valence-corrected chi connectivity index (χ0v) is 24.7. The zero-order valence-electron chi connectivity index (χ0n) is 23.1. The number of hydrogen-bond donors (Lipinski definition) is 0. The molecular weight excluding hydrogens is 560 g/mol. The van der Waals surface area contributed by atoms with Crippen molar-refractivity contribution < 1.29 is 19.0 Å². The Hall–Kier alpha value is -4.14. The molecule has 3 aromatic carbocycles. The lowest BCUT2D eigenvalue weighted by atomic mass is 9.93. The van der Waals surface area contributed by atoms with Gasteiger partial charge in [-0.1, -0.05) is 71.5 Å². The lowest BCUT2D eigenvalue weighted by Gasteiger charge is -2.25. The Morgan fingerprint density at radius 2 is 1.80 bits per heavy atom. The van der Waals surface area contributed by atoms with Gasteiger partial charge < -0.3 is 14.2 Å². The summed E-state index contributed by atoms with van der Waals surface area (Å²) in [7, 11) is 1.58. The van der Waals surface area contributed by atoms with E-state index in [0.29, 0.717) is 37.1 Å². The van der Waals surface area contributed by atoms with Crippen molar-refractivity contribution in [2.45, 2.75) is 32.9 Å². The zero-order chi connectivity index (χ0) is 29.1. The van der Waals surface area contributed by atoms with E-state index in [0.717, 1.165) is 11.1 Å². The Bertz CT molecular complexity index is 1790. The number of halogens is 1. The highest BCUT2D eigenvalue weighted by molar-refractivity contribution is 7.07. The number of hydrogen-bond acceptors (Lipinski definition) is 7. The van der Waals surface area contributed by atoms with Crippen LogP contribution >= 0.6 is 22.9 Å². The number of carbonyl (C=O) groups is 1. The van der Waals surface area contributed by atoms with E-state index in [4.69, 9.17) is 30.8 Å². The molecule has 1 aliphatic rings. The predicted molar refractivity (Wildman–Crippen MR) is 161 cm³/mol. The van der Waals surface area contributed by atoms with Crippen LogP contribution in [0, 0.1) is 0 Å². The van der Waals surface area contributed by atoms with E-state index in [1.807, 2.05) is 74.5 Å². The first kappa shape index (κ1) is 28.4. The third-order valence-corrected chi connectivity index (χ3v) is 7.64. The van der Waals surface area contributed by atoms with Gasteiger partial charge in [-0.05, 0) is 62.2 Å². The van der Waals surface area contributed by atoms with Gasteiger partial charge in [0.1, 0.15) is 0 Å². The molecule has 2 heterocycles. The lowest BCUT2D eigenvalue weighted by Crippen LogP contribution is -2.40. The van der Waals surface area contributed by atoms with E-state index < -0.39 is 12.0 Å². The van der Waals surface area contributed by atoms with Crippen LogP contribution in [-0.2, 0) is 9.53 Å². The van der Waals surface area contributed by atoms with Gasteiger partial charge in [0, 0.05) is 10.6 Å². The minimum absolute atomic E-state index is 0.0151. The lowest BCUT2D eigenvalue weighted by molar-refractivity contribution is -0.138. The molecule has 1 atom stereocenters. The van der Waals surface area contributed by atoms with Crippen LogP contribution in [0.4, 0.5) is 0 Å². The average molecular weight is 589 g/mol. The summed E-state index contributed by atoms with van der Waals surface area (Å²) >= 11 is 7.46. The number of fused-ring (bicyclic) bond motifs is 1. The number of nitrogens with zero attached hydrogens (tertiary/aromatic N) is 2. The van der Waals surface area contributed by atoms with Crippen LogP contribution in [0.2, 0.25) is 5.02 Å². The maximum absolute atomic E-state index is 14.0.